The molecule has 88 valence electrons. The van der Waals surface area contributed by atoms with Gasteiger partial charge in [-0.2, -0.15) is 0 Å². The standard InChI is InChI=1S/C11H15NO4/c1-14-5-6-16-11(13)9-4-3-8(15-2)7-10(9)12/h3-4,7H,5-6,12H2,1-2H3. The van der Waals surface area contributed by atoms with E-state index in [-0.39, 0.29) is 6.61 Å². The highest BCUT2D eigenvalue weighted by Crippen LogP contribution is 2.20. The van der Waals surface area contributed by atoms with Gasteiger partial charge in [0.1, 0.15) is 12.4 Å². The smallest absolute Gasteiger partial charge is 0.340 e. The number of esters is 1. The third kappa shape index (κ3) is 3.13. The summed E-state index contributed by atoms with van der Waals surface area (Å²) in [5.41, 5.74) is 6.36. The molecule has 0 aliphatic heterocycles. The van der Waals surface area contributed by atoms with E-state index in [0.717, 1.165) is 0 Å². The van der Waals surface area contributed by atoms with E-state index in [0.29, 0.717) is 23.6 Å². The molecule has 1 aromatic carbocycles. The number of carbonyl (C=O) groups excluding carboxylic acids is 1. The van der Waals surface area contributed by atoms with Crippen LogP contribution in [0.5, 0.6) is 5.75 Å². The lowest BCUT2D eigenvalue weighted by atomic mass is 10.2. The fraction of sp³-hybridized carbons (Fsp3) is 0.364. The van der Waals surface area contributed by atoms with E-state index < -0.39 is 5.97 Å². The van der Waals surface area contributed by atoms with Crippen LogP contribution in [0.2, 0.25) is 0 Å². The molecule has 0 aliphatic carbocycles. The summed E-state index contributed by atoms with van der Waals surface area (Å²) in [5, 5.41) is 0. The number of benzene rings is 1. The molecule has 1 rings (SSSR count). The van der Waals surface area contributed by atoms with E-state index in [1.807, 2.05) is 0 Å². The Labute approximate surface area is 94.1 Å². The summed E-state index contributed by atoms with van der Waals surface area (Å²) in [7, 11) is 3.07. The molecule has 2 N–H and O–H groups in total. The molecule has 0 unspecified atom stereocenters. The van der Waals surface area contributed by atoms with Crippen molar-refractivity contribution in [3.05, 3.63) is 23.8 Å². The minimum atomic E-state index is -0.461. The minimum absolute atomic E-state index is 0.209. The summed E-state index contributed by atoms with van der Waals surface area (Å²) in [6, 6.07) is 4.81. The monoisotopic (exact) mass is 225 g/mol. The summed E-state index contributed by atoms with van der Waals surface area (Å²) in [5.74, 6) is 0.142. The second-order valence-electron chi connectivity index (χ2n) is 3.08. The number of hydrogen-bond donors (Lipinski definition) is 1. The normalized spacial score (nSPS) is 9.88. The van der Waals surface area contributed by atoms with Crippen molar-refractivity contribution >= 4 is 11.7 Å². The molecule has 0 heterocycles. The Hall–Kier alpha value is -1.75. The van der Waals surface area contributed by atoms with Gasteiger partial charge in [-0.3, -0.25) is 0 Å². The molecule has 0 amide bonds. The molecule has 0 aromatic heterocycles. The van der Waals surface area contributed by atoms with E-state index in [1.165, 1.54) is 14.2 Å². The number of carbonyl (C=O) groups is 1. The Morgan fingerprint density at radius 1 is 1.31 bits per heavy atom. The molecule has 0 fully saturated rings. The average molecular weight is 225 g/mol. The van der Waals surface area contributed by atoms with Crippen molar-refractivity contribution in [1.82, 2.24) is 0 Å². The van der Waals surface area contributed by atoms with Gasteiger partial charge >= 0.3 is 5.97 Å². The van der Waals surface area contributed by atoms with Gasteiger partial charge in [0, 0.05) is 18.9 Å². The van der Waals surface area contributed by atoms with Crippen LogP contribution in [-0.2, 0) is 9.47 Å². The Balaban J connectivity index is 2.68. The first-order valence-corrected chi connectivity index (χ1v) is 4.78. The van der Waals surface area contributed by atoms with E-state index in [2.05, 4.69) is 0 Å². The highest BCUT2D eigenvalue weighted by molar-refractivity contribution is 5.95. The van der Waals surface area contributed by atoms with E-state index in [1.54, 1.807) is 18.2 Å². The maximum atomic E-state index is 11.5. The summed E-state index contributed by atoms with van der Waals surface area (Å²) >= 11 is 0. The predicted octanol–water partition coefficient (Wildman–Crippen LogP) is 1.08. The zero-order valence-electron chi connectivity index (χ0n) is 9.36. The number of ether oxygens (including phenoxy) is 3. The van der Waals surface area contributed by atoms with Crippen LogP contribution in [0, 0.1) is 0 Å². The Morgan fingerprint density at radius 3 is 2.62 bits per heavy atom. The molecular weight excluding hydrogens is 210 g/mol. The molecule has 0 bridgehead atoms. The van der Waals surface area contributed by atoms with Gasteiger partial charge in [-0.15, -0.1) is 0 Å². The lowest BCUT2D eigenvalue weighted by molar-refractivity contribution is 0.0389. The van der Waals surface area contributed by atoms with Crippen molar-refractivity contribution in [2.45, 2.75) is 0 Å². The predicted molar refractivity (Wildman–Crippen MR) is 59.6 cm³/mol. The highest BCUT2D eigenvalue weighted by atomic mass is 16.6. The van der Waals surface area contributed by atoms with Crippen LogP contribution in [0.4, 0.5) is 5.69 Å². The maximum Gasteiger partial charge on any atom is 0.340 e. The number of nitrogen functional groups attached to an aromatic ring is 1. The minimum Gasteiger partial charge on any atom is -0.497 e. The van der Waals surface area contributed by atoms with Gasteiger partial charge in [-0.25, -0.2) is 4.79 Å². The van der Waals surface area contributed by atoms with E-state index >= 15 is 0 Å². The van der Waals surface area contributed by atoms with E-state index in [9.17, 15) is 4.79 Å². The second-order valence-corrected chi connectivity index (χ2v) is 3.08. The number of anilines is 1. The fourth-order valence-electron chi connectivity index (χ4n) is 1.15. The molecule has 0 saturated heterocycles. The van der Waals surface area contributed by atoms with Crippen molar-refractivity contribution in [2.24, 2.45) is 0 Å². The molecule has 0 saturated carbocycles. The van der Waals surface area contributed by atoms with Crippen LogP contribution in [0.15, 0.2) is 18.2 Å². The molecular formula is C11H15NO4. The number of hydrogen-bond acceptors (Lipinski definition) is 5. The van der Waals surface area contributed by atoms with Gasteiger partial charge in [0.25, 0.3) is 0 Å². The first kappa shape index (κ1) is 12.3. The van der Waals surface area contributed by atoms with Crippen LogP contribution in [0.25, 0.3) is 0 Å². The third-order valence-corrected chi connectivity index (χ3v) is 2.00. The molecule has 0 atom stereocenters. The SMILES string of the molecule is COCCOC(=O)c1ccc(OC)cc1N. The van der Waals surface area contributed by atoms with Crippen LogP contribution in [-0.4, -0.2) is 33.4 Å². The molecule has 0 spiro atoms. The molecule has 5 heteroatoms. The van der Waals surface area contributed by atoms with Gasteiger partial charge in [-0.1, -0.05) is 0 Å². The van der Waals surface area contributed by atoms with Crippen molar-refractivity contribution in [3.63, 3.8) is 0 Å². The summed E-state index contributed by atoms with van der Waals surface area (Å²) in [6.45, 7) is 0.572. The van der Waals surface area contributed by atoms with Crippen LogP contribution < -0.4 is 10.5 Å². The van der Waals surface area contributed by atoms with Gasteiger partial charge in [-0.05, 0) is 12.1 Å². The summed E-state index contributed by atoms with van der Waals surface area (Å²) in [6.07, 6.45) is 0. The molecule has 0 aliphatic rings. The van der Waals surface area contributed by atoms with Crippen LogP contribution in [0.3, 0.4) is 0 Å². The number of nitrogens with two attached hydrogens (primary N) is 1. The zero-order chi connectivity index (χ0) is 12.0. The summed E-state index contributed by atoms with van der Waals surface area (Å²) < 4.78 is 14.7. The summed E-state index contributed by atoms with van der Waals surface area (Å²) in [4.78, 5) is 11.5. The fourth-order valence-corrected chi connectivity index (χ4v) is 1.15. The van der Waals surface area contributed by atoms with Gasteiger partial charge in [0.2, 0.25) is 0 Å². The zero-order valence-corrected chi connectivity index (χ0v) is 9.36. The molecule has 0 radical (unpaired) electrons. The molecule has 5 nitrogen and oxygen atoms in total. The lowest BCUT2D eigenvalue weighted by Gasteiger charge is -2.07. The van der Waals surface area contributed by atoms with Crippen LogP contribution >= 0.6 is 0 Å². The highest BCUT2D eigenvalue weighted by Gasteiger charge is 2.11. The average Bonchev–Trinajstić information content (AvgIpc) is 2.29. The van der Waals surface area contributed by atoms with Gasteiger partial charge < -0.3 is 19.9 Å². The molecule has 16 heavy (non-hydrogen) atoms. The Bertz CT molecular complexity index is 365. The maximum absolute atomic E-state index is 11.5. The third-order valence-electron chi connectivity index (χ3n) is 2.00. The molecule has 1 aromatic rings. The second kappa shape index (κ2) is 5.97. The Morgan fingerprint density at radius 2 is 2.06 bits per heavy atom. The Kier molecular flexibility index (Phi) is 4.60. The lowest BCUT2D eigenvalue weighted by Crippen LogP contribution is -2.11. The van der Waals surface area contributed by atoms with E-state index in [4.69, 9.17) is 19.9 Å². The number of rotatable bonds is 5. The van der Waals surface area contributed by atoms with Gasteiger partial charge in [0.15, 0.2) is 0 Å². The quantitative estimate of drug-likeness (QED) is 0.461. The van der Waals surface area contributed by atoms with Crippen molar-refractivity contribution in [2.75, 3.05) is 33.2 Å². The largest absolute Gasteiger partial charge is 0.497 e. The van der Waals surface area contributed by atoms with Gasteiger partial charge in [0.05, 0.1) is 19.3 Å². The number of methoxy groups -OCH3 is 2. The first-order chi connectivity index (χ1) is 7.69. The first-order valence-electron chi connectivity index (χ1n) is 4.78. The van der Waals surface area contributed by atoms with Crippen molar-refractivity contribution in [3.8, 4) is 5.75 Å². The van der Waals surface area contributed by atoms with Crippen molar-refractivity contribution in [1.29, 1.82) is 0 Å². The topological polar surface area (TPSA) is 70.8 Å². The van der Waals surface area contributed by atoms with Crippen molar-refractivity contribution < 1.29 is 19.0 Å². The van der Waals surface area contributed by atoms with Crippen LogP contribution in [0.1, 0.15) is 10.4 Å².